The molecule has 0 aliphatic rings. The van der Waals surface area contributed by atoms with E-state index in [0.717, 1.165) is 15.9 Å². The zero-order valence-corrected chi connectivity index (χ0v) is 11.8. The normalized spacial score (nSPS) is 12.6. The molecule has 1 aromatic heterocycles. The zero-order chi connectivity index (χ0) is 12.3. The van der Waals surface area contributed by atoms with E-state index in [9.17, 15) is 0 Å². The molecule has 0 fully saturated rings. The molecule has 2 N–H and O–H groups in total. The van der Waals surface area contributed by atoms with Crippen LogP contribution in [0.15, 0.2) is 39.8 Å². The lowest BCUT2D eigenvalue weighted by Crippen LogP contribution is -2.16. The molecule has 0 bridgehead atoms. The van der Waals surface area contributed by atoms with Gasteiger partial charge in [-0.25, -0.2) is 0 Å². The number of aromatic nitrogens is 3. The van der Waals surface area contributed by atoms with Crippen molar-refractivity contribution in [3.63, 3.8) is 0 Å². The topological polar surface area (TPSA) is 56.7 Å². The van der Waals surface area contributed by atoms with E-state index in [1.807, 2.05) is 19.2 Å². The zero-order valence-electron chi connectivity index (χ0n) is 9.38. The summed E-state index contributed by atoms with van der Waals surface area (Å²) in [6.45, 7) is 0. The van der Waals surface area contributed by atoms with Gasteiger partial charge in [-0.1, -0.05) is 27.2 Å². The number of hydrogen-bond donors (Lipinski definition) is 1. The van der Waals surface area contributed by atoms with Crippen LogP contribution in [0.25, 0.3) is 0 Å². The van der Waals surface area contributed by atoms with Crippen LogP contribution in [0, 0.1) is 0 Å². The number of thioether (sulfide) groups is 1. The van der Waals surface area contributed by atoms with Gasteiger partial charge in [-0.15, -0.1) is 16.9 Å². The van der Waals surface area contributed by atoms with Crippen molar-refractivity contribution in [1.82, 2.24) is 15.0 Å². The van der Waals surface area contributed by atoms with Crippen LogP contribution in [0.4, 0.5) is 0 Å². The standard InChI is InChI=1S/C11H13BrN4S/c1-16-11(6-14-15-16)10(13)7-17-9-4-2-3-8(12)5-9/h2-6,10H,7,13H2,1H3. The summed E-state index contributed by atoms with van der Waals surface area (Å²) in [6.07, 6.45) is 1.71. The number of rotatable bonds is 4. The molecule has 2 rings (SSSR count). The van der Waals surface area contributed by atoms with Gasteiger partial charge in [-0.3, -0.25) is 4.68 Å². The molecule has 0 spiro atoms. The highest BCUT2D eigenvalue weighted by Gasteiger charge is 2.11. The summed E-state index contributed by atoms with van der Waals surface area (Å²) in [5.41, 5.74) is 7.04. The lowest BCUT2D eigenvalue weighted by atomic mass is 10.3. The Labute approximate surface area is 113 Å². The predicted octanol–water partition coefficient (Wildman–Crippen LogP) is 2.37. The van der Waals surface area contributed by atoms with E-state index in [1.54, 1.807) is 22.6 Å². The average molecular weight is 313 g/mol. The fraction of sp³-hybridized carbons (Fsp3) is 0.273. The van der Waals surface area contributed by atoms with Gasteiger partial charge < -0.3 is 5.73 Å². The molecule has 0 saturated carbocycles. The fourth-order valence-electron chi connectivity index (χ4n) is 1.46. The van der Waals surface area contributed by atoms with Crippen molar-refractivity contribution in [2.45, 2.75) is 10.9 Å². The number of benzene rings is 1. The van der Waals surface area contributed by atoms with E-state index in [2.05, 4.69) is 38.4 Å². The molecule has 0 aliphatic carbocycles. The van der Waals surface area contributed by atoms with Gasteiger partial charge in [0.1, 0.15) is 0 Å². The van der Waals surface area contributed by atoms with Gasteiger partial charge in [-0.2, -0.15) is 0 Å². The van der Waals surface area contributed by atoms with Gasteiger partial charge in [-0.05, 0) is 18.2 Å². The molecule has 1 aromatic carbocycles. The first kappa shape index (κ1) is 12.6. The molecule has 1 atom stereocenters. The highest BCUT2D eigenvalue weighted by atomic mass is 79.9. The summed E-state index contributed by atoms with van der Waals surface area (Å²) >= 11 is 5.18. The van der Waals surface area contributed by atoms with Gasteiger partial charge in [0.05, 0.1) is 17.9 Å². The second-order valence-electron chi connectivity index (χ2n) is 3.66. The van der Waals surface area contributed by atoms with Crippen molar-refractivity contribution >= 4 is 27.7 Å². The van der Waals surface area contributed by atoms with Crippen molar-refractivity contribution < 1.29 is 0 Å². The lowest BCUT2D eigenvalue weighted by molar-refractivity contribution is 0.640. The van der Waals surface area contributed by atoms with Crippen LogP contribution in [-0.2, 0) is 7.05 Å². The first-order valence-corrected chi connectivity index (χ1v) is 6.93. The Bertz CT molecular complexity index is 500. The van der Waals surface area contributed by atoms with Crippen molar-refractivity contribution in [2.24, 2.45) is 12.8 Å². The first-order chi connectivity index (χ1) is 8.16. The molecule has 6 heteroatoms. The van der Waals surface area contributed by atoms with Crippen LogP contribution in [0.1, 0.15) is 11.7 Å². The Balaban J connectivity index is 1.97. The average Bonchev–Trinajstić information content (AvgIpc) is 2.72. The predicted molar refractivity (Wildman–Crippen MR) is 72.8 cm³/mol. The maximum Gasteiger partial charge on any atom is 0.0759 e. The molecular weight excluding hydrogens is 300 g/mol. The van der Waals surface area contributed by atoms with E-state index >= 15 is 0 Å². The Morgan fingerprint density at radius 3 is 3.00 bits per heavy atom. The van der Waals surface area contributed by atoms with Crippen LogP contribution >= 0.6 is 27.7 Å². The summed E-state index contributed by atoms with van der Waals surface area (Å²) in [6, 6.07) is 8.13. The molecule has 0 amide bonds. The SMILES string of the molecule is Cn1nncc1C(N)CSc1cccc(Br)c1. The number of nitrogens with two attached hydrogens (primary N) is 1. The van der Waals surface area contributed by atoms with E-state index in [0.29, 0.717) is 0 Å². The minimum atomic E-state index is -0.0565. The molecule has 4 nitrogen and oxygen atoms in total. The molecule has 90 valence electrons. The van der Waals surface area contributed by atoms with E-state index < -0.39 is 0 Å². The van der Waals surface area contributed by atoms with Crippen LogP contribution in [0.3, 0.4) is 0 Å². The minimum absolute atomic E-state index is 0.0565. The Morgan fingerprint density at radius 2 is 2.35 bits per heavy atom. The molecule has 1 unspecified atom stereocenters. The molecule has 0 radical (unpaired) electrons. The lowest BCUT2D eigenvalue weighted by Gasteiger charge is -2.10. The second-order valence-corrected chi connectivity index (χ2v) is 5.67. The molecule has 0 aliphatic heterocycles. The van der Waals surface area contributed by atoms with Crippen molar-refractivity contribution in [2.75, 3.05) is 5.75 Å². The molecule has 2 aromatic rings. The summed E-state index contributed by atoms with van der Waals surface area (Å²) in [5, 5.41) is 7.70. The van der Waals surface area contributed by atoms with Crippen LogP contribution < -0.4 is 5.73 Å². The maximum atomic E-state index is 6.09. The van der Waals surface area contributed by atoms with Gasteiger partial charge in [0.25, 0.3) is 0 Å². The largest absolute Gasteiger partial charge is 0.322 e. The van der Waals surface area contributed by atoms with Crippen LogP contribution in [0.5, 0.6) is 0 Å². The summed E-state index contributed by atoms with van der Waals surface area (Å²) < 4.78 is 2.80. The summed E-state index contributed by atoms with van der Waals surface area (Å²) in [5.74, 6) is 0.803. The third-order valence-electron chi connectivity index (χ3n) is 2.36. The van der Waals surface area contributed by atoms with Crippen molar-refractivity contribution in [3.8, 4) is 0 Å². The number of halogens is 1. The third-order valence-corrected chi connectivity index (χ3v) is 3.96. The third kappa shape index (κ3) is 3.31. The summed E-state index contributed by atoms with van der Waals surface area (Å²) in [4.78, 5) is 1.20. The first-order valence-electron chi connectivity index (χ1n) is 5.15. The van der Waals surface area contributed by atoms with E-state index in [4.69, 9.17) is 5.73 Å². The van der Waals surface area contributed by atoms with E-state index in [1.165, 1.54) is 4.90 Å². The minimum Gasteiger partial charge on any atom is -0.322 e. The molecule has 1 heterocycles. The van der Waals surface area contributed by atoms with Gasteiger partial charge >= 0.3 is 0 Å². The van der Waals surface area contributed by atoms with Gasteiger partial charge in [0.2, 0.25) is 0 Å². The number of nitrogens with zero attached hydrogens (tertiary/aromatic N) is 3. The highest BCUT2D eigenvalue weighted by molar-refractivity contribution is 9.10. The van der Waals surface area contributed by atoms with E-state index in [-0.39, 0.29) is 6.04 Å². The molecule has 0 saturated heterocycles. The van der Waals surface area contributed by atoms with Crippen LogP contribution in [0.2, 0.25) is 0 Å². The number of hydrogen-bond acceptors (Lipinski definition) is 4. The Morgan fingerprint density at radius 1 is 1.53 bits per heavy atom. The smallest absolute Gasteiger partial charge is 0.0759 e. The number of aryl methyl sites for hydroxylation is 1. The molecule has 17 heavy (non-hydrogen) atoms. The monoisotopic (exact) mass is 312 g/mol. The summed E-state index contributed by atoms with van der Waals surface area (Å²) in [7, 11) is 1.85. The molecular formula is C11H13BrN4S. The second kappa shape index (κ2) is 5.66. The highest BCUT2D eigenvalue weighted by Crippen LogP contribution is 2.25. The van der Waals surface area contributed by atoms with Gasteiger partial charge in [0.15, 0.2) is 0 Å². The van der Waals surface area contributed by atoms with Crippen molar-refractivity contribution in [3.05, 3.63) is 40.6 Å². The quantitative estimate of drug-likeness (QED) is 0.881. The maximum absolute atomic E-state index is 6.09. The van der Waals surface area contributed by atoms with Gasteiger partial charge in [0, 0.05) is 22.2 Å². The van der Waals surface area contributed by atoms with Crippen LogP contribution in [-0.4, -0.2) is 20.7 Å². The fourth-order valence-corrected chi connectivity index (χ4v) is 2.94. The van der Waals surface area contributed by atoms with Crippen molar-refractivity contribution in [1.29, 1.82) is 0 Å². The Kier molecular flexibility index (Phi) is 4.20. The Hall–Kier alpha value is -0.850.